The van der Waals surface area contributed by atoms with Crippen molar-refractivity contribution in [3.63, 3.8) is 0 Å². The number of ether oxygens (including phenoxy) is 2. The molecule has 0 fully saturated rings. The van der Waals surface area contributed by atoms with Crippen LogP contribution in [0.4, 0.5) is 0 Å². The van der Waals surface area contributed by atoms with Gasteiger partial charge in [0, 0.05) is 5.57 Å². The Morgan fingerprint density at radius 3 is 1.93 bits per heavy atom. The summed E-state index contributed by atoms with van der Waals surface area (Å²) >= 11 is 0. The second-order valence-corrected chi connectivity index (χ2v) is 22.5. The monoisotopic (exact) mass is 466 g/mol. The van der Waals surface area contributed by atoms with Gasteiger partial charge in [0.25, 0.3) is 0 Å². The fraction of sp³-hybridized carbons (Fsp3) is 0.842. The third kappa shape index (κ3) is 15.2. The summed E-state index contributed by atoms with van der Waals surface area (Å²) in [6.45, 7) is 20.0. The van der Waals surface area contributed by atoms with Crippen molar-refractivity contribution in [1.82, 2.24) is 0 Å². The minimum Gasteiger partial charge on any atom is -0.460 e. The number of aliphatic hydroxyl groups is 2. The summed E-state index contributed by atoms with van der Waals surface area (Å²) < 4.78 is 23.9. The fourth-order valence-corrected chi connectivity index (χ4v) is 15.4. The largest absolute Gasteiger partial charge is 0.460 e. The molecular formula is C19H42O7Si3. The summed E-state index contributed by atoms with van der Waals surface area (Å²) in [6, 6.07) is 0.818. The van der Waals surface area contributed by atoms with Gasteiger partial charge in [-0.1, -0.05) is 6.58 Å². The first-order valence-electron chi connectivity index (χ1n) is 10.2. The van der Waals surface area contributed by atoms with Crippen LogP contribution in [0.2, 0.25) is 51.9 Å². The van der Waals surface area contributed by atoms with Crippen LogP contribution in [0.5, 0.6) is 0 Å². The molecule has 10 heteroatoms. The van der Waals surface area contributed by atoms with Crippen LogP contribution in [0, 0.1) is 0 Å². The summed E-state index contributed by atoms with van der Waals surface area (Å²) in [5.74, 6) is -0.468. The summed E-state index contributed by atoms with van der Waals surface area (Å²) in [7, 11) is -5.86. The van der Waals surface area contributed by atoms with Gasteiger partial charge in [-0.05, 0) is 71.6 Å². The van der Waals surface area contributed by atoms with Crippen molar-refractivity contribution in [3.05, 3.63) is 12.2 Å². The topological polar surface area (TPSA) is 94.5 Å². The Hall–Kier alpha value is -0.339. The zero-order chi connectivity index (χ0) is 22.9. The van der Waals surface area contributed by atoms with E-state index in [-0.39, 0.29) is 25.9 Å². The molecule has 0 radical (unpaired) electrons. The van der Waals surface area contributed by atoms with Crippen LogP contribution in [-0.4, -0.2) is 73.4 Å². The molecule has 29 heavy (non-hydrogen) atoms. The maximum Gasteiger partial charge on any atom is 0.333 e. The van der Waals surface area contributed by atoms with Gasteiger partial charge in [-0.15, -0.1) is 0 Å². The standard InChI is InChI=1S/C19H42O7Si3/c1-16(2)19(22)24-15-18(23-14-17(21)13-20)11-10-12-29(9,25-27(3,4)5)26-28(6,7)8/h17-18,20-21H,1,10-15H2,2-9H3. The van der Waals surface area contributed by atoms with Crippen molar-refractivity contribution in [2.24, 2.45) is 0 Å². The highest BCUT2D eigenvalue weighted by Gasteiger charge is 2.39. The molecule has 172 valence electrons. The molecule has 7 nitrogen and oxygen atoms in total. The molecule has 0 amide bonds. The normalized spacial score (nSPS) is 15.1. The lowest BCUT2D eigenvalue weighted by Gasteiger charge is -2.38. The molecule has 0 heterocycles. The first-order chi connectivity index (χ1) is 13.1. The first kappa shape index (κ1) is 28.7. The highest BCUT2D eigenvalue weighted by atomic mass is 28.5. The lowest BCUT2D eigenvalue weighted by Crippen LogP contribution is -2.52. The van der Waals surface area contributed by atoms with Crippen molar-refractivity contribution in [2.45, 2.75) is 83.8 Å². The van der Waals surface area contributed by atoms with E-state index in [4.69, 9.17) is 22.8 Å². The van der Waals surface area contributed by atoms with Crippen LogP contribution in [-0.2, 0) is 22.5 Å². The Labute approximate surface area is 179 Å². The van der Waals surface area contributed by atoms with E-state index < -0.39 is 37.3 Å². The molecule has 0 spiro atoms. The summed E-state index contributed by atoms with van der Waals surface area (Å²) in [5.41, 5.74) is 0.325. The summed E-state index contributed by atoms with van der Waals surface area (Å²) in [5, 5.41) is 18.6. The van der Waals surface area contributed by atoms with E-state index in [1.165, 1.54) is 0 Å². The Bertz CT molecular complexity index is 499. The van der Waals surface area contributed by atoms with Gasteiger partial charge >= 0.3 is 14.5 Å². The summed E-state index contributed by atoms with van der Waals surface area (Å²) in [4.78, 5) is 11.7. The molecule has 0 saturated heterocycles. The minimum absolute atomic E-state index is 0.0166. The third-order valence-electron chi connectivity index (χ3n) is 3.69. The van der Waals surface area contributed by atoms with E-state index in [1.807, 2.05) is 0 Å². The number of carbonyl (C=O) groups excluding carboxylic acids is 1. The molecule has 0 aliphatic heterocycles. The molecule has 0 rings (SSSR count). The number of rotatable bonds is 15. The number of hydrogen-bond donors (Lipinski definition) is 2. The average Bonchev–Trinajstić information content (AvgIpc) is 2.52. The van der Waals surface area contributed by atoms with E-state index in [0.717, 1.165) is 12.5 Å². The molecule has 0 bridgehead atoms. The Morgan fingerprint density at radius 2 is 1.52 bits per heavy atom. The molecule has 0 aromatic rings. The lowest BCUT2D eigenvalue weighted by molar-refractivity contribution is -0.144. The average molecular weight is 467 g/mol. The molecule has 2 unspecified atom stereocenters. The van der Waals surface area contributed by atoms with Gasteiger partial charge in [0.2, 0.25) is 0 Å². The van der Waals surface area contributed by atoms with E-state index >= 15 is 0 Å². The van der Waals surface area contributed by atoms with Gasteiger partial charge in [0.15, 0.2) is 16.6 Å². The van der Waals surface area contributed by atoms with Gasteiger partial charge in [-0.25, -0.2) is 4.79 Å². The van der Waals surface area contributed by atoms with Gasteiger partial charge in [0.1, 0.15) is 12.7 Å². The Morgan fingerprint density at radius 1 is 1.00 bits per heavy atom. The number of esters is 1. The maximum atomic E-state index is 11.7. The number of carbonyl (C=O) groups is 1. The molecule has 2 atom stereocenters. The number of hydrogen-bond acceptors (Lipinski definition) is 7. The lowest BCUT2D eigenvalue weighted by atomic mass is 10.2. The van der Waals surface area contributed by atoms with Crippen LogP contribution in [0.1, 0.15) is 19.8 Å². The molecule has 0 aliphatic rings. The molecule has 0 aromatic heterocycles. The fourth-order valence-electron chi connectivity index (χ4n) is 2.88. The quantitative estimate of drug-likeness (QED) is 0.217. The van der Waals surface area contributed by atoms with E-state index in [2.05, 4.69) is 52.4 Å². The second-order valence-electron chi connectivity index (χ2n) is 9.63. The Balaban J connectivity index is 4.96. The zero-order valence-corrected chi connectivity index (χ0v) is 22.5. The van der Waals surface area contributed by atoms with Crippen molar-refractivity contribution < 1.29 is 32.7 Å². The van der Waals surface area contributed by atoms with Crippen LogP contribution in [0.25, 0.3) is 0 Å². The summed E-state index contributed by atoms with van der Waals surface area (Å²) in [6.07, 6.45) is 0.0900. The van der Waals surface area contributed by atoms with Crippen LogP contribution in [0.3, 0.4) is 0 Å². The van der Waals surface area contributed by atoms with Gasteiger partial charge in [0.05, 0.1) is 19.3 Å². The molecule has 2 N–H and O–H groups in total. The van der Waals surface area contributed by atoms with Crippen molar-refractivity contribution >= 4 is 31.2 Å². The second kappa shape index (κ2) is 12.5. The van der Waals surface area contributed by atoms with Gasteiger partial charge in [-0.2, -0.15) is 0 Å². The minimum atomic E-state index is -2.34. The van der Waals surface area contributed by atoms with E-state index in [0.29, 0.717) is 12.0 Å². The van der Waals surface area contributed by atoms with Gasteiger partial charge in [-0.3, -0.25) is 0 Å². The van der Waals surface area contributed by atoms with Crippen molar-refractivity contribution in [3.8, 4) is 0 Å². The SMILES string of the molecule is C=C(C)C(=O)OCC(CCC[Si](C)(O[Si](C)(C)C)O[Si](C)(C)C)OCC(O)CO. The van der Waals surface area contributed by atoms with Crippen molar-refractivity contribution in [1.29, 1.82) is 0 Å². The Kier molecular flexibility index (Phi) is 12.4. The molecule has 0 aliphatic carbocycles. The zero-order valence-electron chi connectivity index (χ0n) is 19.5. The predicted octanol–water partition coefficient (Wildman–Crippen LogP) is 3.40. The third-order valence-corrected chi connectivity index (χ3v) is 13.3. The smallest absolute Gasteiger partial charge is 0.333 e. The van der Waals surface area contributed by atoms with Crippen LogP contribution < -0.4 is 0 Å². The molecule has 0 aromatic carbocycles. The van der Waals surface area contributed by atoms with Crippen LogP contribution in [0.15, 0.2) is 12.2 Å². The maximum absolute atomic E-state index is 11.7. The van der Waals surface area contributed by atoms with Crippen LogP contribution >= 0.6 is 0 Å². The first-order valence-corrected chi connectivity index (χ1v) is 19.5. The van der Waals surface area contributed by atoms with Crippen molar-refractivity contribution in [2.75, 3.05) is 19.8 Å². The molecular weight excluding hydrogens is 424 g/mol. The van der Waals surface area contributed by atoms with Gasteiger partial charge < -0.3 is 27.9 Å². The van der Waals surface area contributed by atoms with E-state index in [1.54, 1.807) is 6.92 Å². The predicted molar refractivity (Wildman–Crippen MR) is 123 cm³/mol. The highest BCUT2D eigenvalue weighted by molar-refractivity contribution is 6.87. The highest BCUT2D eigenvalue weighted by Crippen LogP contribution is 2.26. The number of aliphatic hydroxyl groups excluding tert-OH is 2. The van der Waals surface area contributed by atoms with E-state index in [9.17, 15) is 9.90 Å². The molecule has 0 saturated carbocycles.